The first kappa shape index (κ1) is 12.0. The fraction of sp³-hybridized carbons (Fsp3) is 0.500. The molecule has 1 rings (SSSR count). The number of likely N-dealkylation sites (N-methyl/N-ethyl adjacent to an activating group) is 1. The molecule has 2 atom stereocenters. The number of nitrogens with zero attached hydrogens (tertiary/aromatic N) is 1. The van der Waals surface area contributed by atoms with E-state index in [-0.39, 0.29) is 18.7 Å². The zero-order valence-electron chi connectivity index (χ0n) is 9.64. The summed E-state index contributed by atoms with van der Waals surface area (Å²) >= 11 is 0. The highest BCUT2D eigenvalue weighted by molar-refractivity contribution is 5.41. The van der Waals surface area contributed by atoms with E-state index in [1.54, 1.807) is 0 Å². The number of nitrogen functional groups attached to an aromatic ring is 1. The molecule has 84 valence electrons. The SMILES string of the molecule is CC(CO)N(C)C(C)c1cccc(N)c1. The highest BCUT2D eigenvalue weighted by atomic mass is 16.3. The molecule has 1 aromatic carbocycles. The Labute approximate surface area is 91.5 Å². The average molecular weight is 208 g/mol. The fourth-order valence-corrected chi connectivity index (χ4v) is 1.56. The van der Waals surface area contributed by atoms with Gasteiger partial charge in [-0.15, -0.1) is 0 Å². The summed E-state index contributed by atoms with van der Waals surface area (Å²) in [6.45, 7) is 4.28. The Hall–Kier alpha value is -1.06. The second-order valence-corrected chi connectivity index (χ2v) is 4.04. The number of rotatable bonds is 4. The van der Waals surface area contributed by atoms with Gasteiger partial charge in [0, 0.05) is 17.8 Å². The van der Waals surface area contributed by atoms with Crippen LogP contribution < -0.4 is 5.73 Å². The van der Waals surface area contributed by atoms with Crippen molar-refractivity contribution in [2.75, 3.05) is 19.4 Å². The van der Waals surface area contributed by atoms with Crippen molar-refractivity contribution in [2.45, 2.75) is 25.9 Å². The van der Waals surface area contributed by atoms with Gasteiger partial charge in [0.2, 0.25) is 0 Å². The Morgan fingerprint density at radius 2 is 2.07 bits per heavy atom. The maximum absolute atomic E-state index is 9.09. The van der Waals surface area contributed by atoms with Crippen LogP contribution in [0.3, 0.4) is 0 Å². The number of hydrogen-bond donors (Lipinski definition) is 2. The Bertz CT molecular complexity index is 314. The summed E-state index contributed by atoms with van der Waals surface area (Å²) < 4.78 is 0. The number of aliphatic hydroxyl groups is 1. The minimum absolute atomic E-state index is 0.154. The lowest BCUT2D eigenvalue weighted by Gasteiger charge is -2.30. The maximum Gasteiger partial charge on any atom is 0.0584 e. The molecule has 0 aliphatic carbocycles. The molecule has 0 fully saturated rings. The quantitative estimate of drug-likeness (QED) is 0.740. The minimum atomic E-state index is 0.154. The smallest absolute Gasteiger partial charge is 0.0584 e. The van der Waals surface area contributed by atoms with Gasteiger partial charge in [0.25, 0.3) is 0 Å². The Morgan fingerprint density at radius 1 is 1.40 bits per heavy atom. The summed E-state index contributed by atoms with van der Waals surface area (Å²) in [5.74, 6) is 0. The Balaban J connectivity index is 2.80. The second kappa shape index (κ2) is 5.14. The zero-order chi connectivity index (χ0) is 11.4. The number of benzene rings is 1. The monoisotopic (exact) mass is 208 g/mol. The maximum atomic E-state index is 9.09. The van der Waals surface area contributed by atoms with E-state index in [1.807, 2.05) is 32.2 Å². The van der Waals surface area contributed by atoms with Crippen LogP contribution in [0.4, 0.5) is 5.69 Å². The van der Waals surface area contributed by atoms with Crippen LogP contribution in [0.15, 0.2) is 24.3 Å². The predicted octanol–water partition coefficient (Wildman–Crippen LogP) is 1.64. The summed E-state index contributed by atoms with van der Waals surface area (Å²) in [5, 5.41) is 9.09. The van der Waals surface area contributed by atoms with Gasteiger partial charge in [-0.2, -0.15) is 0 Å². The summed E-state index contributed by atoms with van der Waals surface area (Å²) in [7, 11) is 2.01. The van der Waals surface area contributed by atoms with Crippen LogP contribution in [0.5, 0.6) is 0 Å². The first-order chi connectivity index (χ1) is 7.06. The van der Waals surface area contributed by atoms with Crippen LogP contribution in [-0.2, 0) is 0 Å². The van der Waals surface area contributed by atoms with Gasteiger partial charge in [-0.05, 0) is 38.6 Å². The molecule has 0 aliphatic heterocycles. The molecular formula is C12H20N2O. The first-order valence-corrected chi connectivity index (χ1v) is 5.24. The molecule has 0 aliphatic rings. The lowest BCUT2D eigenvalue weighted by molar-refractivity contribution is 0.127. The van der Waals surface area contributed by atoms with Gasteiger partial charge in [-0.25, -0.2) is 0 Å². The van der Waals surface area contributed by atoms with Gasteiger partial charge >= 0.3 is 0 Å². The standard InChI is InChI=1S/C12H20N2O/c1-9(8-15)14(3)10(2)11-5-4-6-12(13)7-11/h4-7,9-10,15H,8,13H2,1-3H3. The second-order valence-electron chi connectivity index (χ2n) is 4.04. The van der Waals surface area contributed by atoms with Gasteiger partial charge < -0.3 is 10.8 Å². The molecule has 0 aromatic heterocycles. The first-order valence-electron chi connectivity index (χ1n) is 5.24. The number of nitrogens with two attached hydrogens (primary N) is 1. The number of hydrogen-bond acceptors (Lipinski definition) is 3. The minimum Gasteiger partial charge on any atom is -0.399 e. The van der Waals surface area contributed by atoms with E-state index >= 15 is 0 Å². The van der Waals surface area contributed by atoms with E-state index in [2.05, 4.69) is 17.9 Å². The van der Waals surface area contributed by atoms with Crippen molar-refractivity contribution < 1.29 is 5.11 Å². The molecule has 0 saturated heterocycles. The molecule has 15 heavy (non-hydrogen) atoms. The molecule has 0 saturated carbocycles. The van der Waals surface area contributed by atoms with Crippen LogP contribution in [0.1, 0.15) is 25.5 Å². The van der Waals surface area contributed by atoms with Gasteiger partial charge in [-0.1, -0.05) is 12.1 Å². The lowest BCUT2D eigenvalue weighted by Crippen LogP contribution is -2.34. The molecule has 3 N–H and O–H groups in total. The molecule has 0 amide bonds. The largest absolute Gasteiger partial charge is 0.399 e. The zero-order valence-corrected chi connectivity index (χ0v) is 9.64. The van der Waals surface area contributed by atoms with Crippen LogP contribution in [-0.4, -0.2) is 29.7 Å². The van der Waals surface area contributed by atoms with E-state index in [0.717, 1.165) is 5.69 Å². The van der Waals surface area contributed by atoms with Crippen LogP contribution >= 0.6 is 0 Å². The molecule has 0 radical (unpaired) electrons. The Kier molecular flexibility index (Phi) is 4.12. The van der Waals surface area contributed by atoms with Gasteiger partial charge in [-0.3, -0.25) is 4.90 Å². The van der Waals surface area contributed by atoms with Crippen molar-refractivity contribution in [2.24, 2.45) is 0 Å². The molecule has 0 heterocycles. The van der Waals surface area contributed by atoms with Crippen molar-refractivity contribution in [3.8, 4) is 0 Å². The third kappa shape index (κ3) is 2.94. The van der Waals surface area contributed by atoms with Crippen molar-refractivity contribution in [1.29, 1.82) is 0 Å². The number of aliphatic hydroxyl groups excluding tert-OH is 1. The topological polar surface area (TPSA) is 49.5 Å². The third-order valence-electron chi connectivity index (χ3n) is 2.96. The summed E-state index contributed by atoms with van der Waals surface area (Å²) in [5.41, 5.74) is 7.70. The molecule has 0 bridgehead atoms. The van der Waals surface area contributed by atoms with E-state index in [4.69, 9.17) is 10.8 Å². The van der Waals surface area contributed by atoms with Gasteiger partial charge in [0.15, 0.2) is 0 Å². The molecule has 3 heteroatoms. The van der Waals surface area contributed by atoms with Crippen LogP contribution in [0.25, 0.3) is 0 Å². The van der Waals surface area contributed by atoms with Crippen LogP contribution in [0, 0.1) is 0 Å². The Morgan fingerprint density at radius 3 is 2.60 bits per heavy atom. The molecule has 1 aromatic rings. The van der Waals surface area contributed by atoms with E-state index in [0.29, 0.717) is 0 Å². The normalized spacial score (nSPS) is 15.3. The summed E-state index contributed by atoms with van der Waals surface area (Å²) in [6.07, 6.45) is 0. The molecule has 2 unspecified atom stereocenters. The average Bonchev–Trinajstić information content (AvgIpc) is 2.26. The highest BCUT2D eigenvalue weighted by Gasteiger charge is 2.16. The van der Waals surface area contributed by atoms with Crippen LogP contribution in [0.2, 0.25) is 0 Å². The van der Waals surface area contributed by atoms with E-state index < -0.39 is 0 Å². The van der Waals surface area contributed by atoms with Gasteiger partial charge in [0.1, 0.15) is 0 Å². The van der Waals surface area contributed by atoms with E-state index in [1.165, 1.54) is 5.56 Å². The molecular weight excluding hydrogens is 188 g/mol. The highest BCUT2D eigenvalue weighted by Crippen LogP contribution is 2.22. The predicted molar refractivity (Wildman–Crippen MR) is 63.6 cm³/mol. The third-order valence-corrected chi connectivity index (χ3v) is 2.96. The van der Waals surface area contributed by atoms with Crippen molar-refractivity contribution >= 4 is 5.69 Å². The lowest BCUT2D eigenvalue weighted by atomic mass is 10.1. The van der Waals surface area contributed by atoms with Crippen molar-refractivity contribution in [3.05, 3.63) is 29.8 Å². The van der Waals surface area contributed by atoms with Gasteiger partial charge in [0.05, 0.1) is 6.61 Å². The van der Waals surface area contributed by atoms with E-state index in [9.17, 15) is 0 Å². The fourth-order valence-electron chi connectivity index (χ4n) is 1.56. The van der Waals surface area contributed by atoms with Crippen molar-refractivity contribution in [3.63, 3.8) is 0 Å². The van der Waals surface area contributed by atoms with Crippen molar-refractivity contribution in [1.82, 2.24) is 4.90 Å². The molecule has 3 nitrogen and oxygen atoms in total. The summed E-state index contributed by atoms with van der Waals surface area (Å²) in [6, 6.07) is 8.29. The summed E-state index contributed by atoms with van der Waals surface area (Å²) in [4.78, 5) is 2.13. The number of anilines is 1. The molecule has 0 spiro atoms.